The predicted octanol–water partition coefficient (Wildman–Crippen LogP) is 3.37. The average Bonchev–Trinajstić information content (AvgIpc) is 3.24. The average molecular weight is 412 g/mol. The Labute approximate surface area is 176 Å². The molecule has 0 atom stereocenters. The monoisotopic (exact) mass is 412 g/mol. The zero-order valence-corrected chi connectivity index (χ0v) is 17.8. The SMILES string of the molecule is CCC(C)(C)c1ccc2c(c1)N(Cc1ccc(C(=O)N3CCOCC3)o1)C(=O)CO2. The van der Waals surface area contributed by atoms with Crippen LogP contribution in [0.2, 0.25) is 0 Å². The molecule has 160 valence electrons. The van der Waals surface area contributed by atoms with E-state index in [0.717, 1.165) is 17.7 Å². The molecule has 2 aliphatic rings. The van der Waals surface area contributed by atoms with Crippen LogP contribution >= 0.6 is 0 Å². The van der Waals surface area contributed by atoms with E-state index in [1.54, 1.807) is 21.9 Å². The number of benzene rings is 1. The van der Waals surface area contributed by atoms with Gasteiger partial charge in [0, 0.05) is 13.1 Å². The topological polar surface area (TPSA) is 72.2 Å². The van der Waals surface area contributed by atoms with Crippen molar-refractivity contribution in [1.29, 1.82) is 0 Å². The first kappa shape index (κ1) is 20.5. The molecule has 1 fully saturated rings. The molecule has 1 aromatic heterocycles. The van der Waals surface area contributed by atoms with Gasteiger partial charge in [0.05, 0.1) is 25.4 Å². The number of anilines is 1. The van der Waals surface area contributed by atoms with Gasteiger partial charge in [-0.25, -0.2) is 0 Å². The molecule has 0 saturated carbocycles. The standard InChI is InChI=1S/C23H28N2O5/c1-4-23(2,3)16-5-7-19-18(13-16)25(21(26)15-29-19)14-17-6-8-20(30-17)22(27)24-9-11-28-12-10-24/h5-8,13H,4,9-12,14-15H2,1-3H3. The first-order valence-electron chi connectivity index (χ1n) is 10.4. The Balaban J connectivity index is 1.57. The van der Waals surface area contributed by atoms with Gasteiger partial charge in [-0.05, 0) is 41.7 Å². The third kappa shape index (κ3) is 3.94. The molecule has 30 heavy (non-hydrogen) atoms. The molecular formula is C23H28N2O5. The number of amides is 2. The number of hydrogen-bond donors (Lipinski definition) is 0. The number of morpholine rings is 1. The van der Waals surface area contributed by atoms with Crippen molar-refractivity contribution in [3.8, 4) is 5.75 Å². The van der Waals surface area contributed by atoms with Crippen molar-refractivity contribution in [3.05, 3.63) is 47.4 Å². The van der Waals surface area contributed by atoms with Gasteiger partial charge in [0.25, 0.3) is 11.8 Å². The van der Waals surface area contributed by atoms with Gasteiger partial charge >= 0.3 is 0 Å². The van der Waals surface area contributed by atoms with Crippen molar-refractivity contribution in [2.75, 3.05) is 37.8 Å². The van der Waals surface area contributed by atoms with E-state index in [4.69, 9.17) is 13.9 Å². The minimum Gasteiger partial charge on any atom is -0.482 e. The summed E-state index contributed by atoms with van der Waals surface area (Å²) in [6.45, 7) is 8.94. The smallest absolute Gasteiger partial charge is 0.289 e. The van der Waals surface area contributed by atoms with Crippen molar-refractivity contribution in [2.24, 2.45) is 0 Å². The van der Waals surface area contributed by atoms with E-state index in [1.165, 1.54) is 0 Å². The fourth-order valence-electron chi connectivity index (χ4n) is 3.66. The van der Waals surface area contributed by atoms with Gasteiger partial charge in [-0.1, -0.05) is 26.8 Å². The molecule has 7 nitrogen and oxygen atoms in total. The molecular weight excluding hydrogens is 384 g/mol. The van der Waals surface area contributed by atoms with E-state index in [2.05, 4.69) is 26.8 Å². The summed E-state index contributed by atoms with van der Waals surface area (Å²) >= 11 is 0. The molecule has 1 saturated heterocycles. The highest BCUT2D eigenvalue weighted by molar-refractivity contribution is 5.98. The van der Waals surface area contributed by atoms with Crippen molar-refractivity contribution in [2.45, 2.75) is 39.2 Å². The van der Waals surface area contributed by atoms with E-state index in [1.807, 2.05) is 12.1 Å². The van der Waals surface area contributed by atoms with Gasteiger partial charge in [-0.2, -0.15) is 0 Å². The number of ether oxygens (including phenoxy) is 2. The van der Waals surface area contributed by atoms with E-state index in [9.17, 15) is 9.59 Å². The summed E-state index contributed by atoms with van der Waals surface area (Å²) in [5.74, 6) is 1.25. The molecule has 0 bridgehead atoms. The van der Waals surface area contributed by atoms with Crippen molar-refractivity contribution >= 4 is 17.5 Å². The third-order valence-electron chi connectivity index (χ3n) is 6.05. The fraction of sp³-hybridized carbons (Fsp3) is 0.478. The number of carbonyl (C=O) groups excluding carboxylic acids is 2. The van der Waals surface area contributed by atoms with Crippen molar-refractivity contribution in [3.63, 3.8) is 0 Å². The molecule has 3 heterocycles. The first-order valence-corrected chi connectivity index (χ1v) is 10.4. The Morgan fingerprint density at radius 3 is 2.63 bits per heavy atom. The second-order valence-corrected chi connectivity index (χ2v) is 8.36. The molecule has 0 radical (unpaired) electrons. The molecule has 2 aliphatic heterocycles. The highest BCUT2D eigenvalue weighted by atomic mass is 16.5. The van der Waals surface area contributed by atoms with Gasteiger partial charge in [-0.15, -0.1) is 0 Å². The van der Waals surface area contributed by atoms with E-state index < -0.39 is 0 Å². The normalized spacial score (nSPS) is 17.0. The lowest BCUT2D eigenvalue weighted by atomic mass is 9.82. The molecule has 0 spiro atoms. The van der Waals surface area contributed by atoms with Gasteiger partial charge in [0.15, 0.2) is 12.4 Å². The van der Waals surface area contributed by atoms with Crippen LogP contribution in [0.15, 0.2) is 34.7 Å². The van der Waals surface area contributed by atoms with E-state index >= 15 is 0 Å². The second-order valence-electron chi connectivity index (χ2n) is 8.36. The van der Waals surface area contributed by atoms with Crippen LogP contribution < -0.4 is 9.64 Å². The maximum Gasteiger partial charge on any atom is 0.289 e. The molecule has 0 unspecified atom stereocenters. The lowest BCUT2D eigenvalue weighted by Gasteiger charge is -2.31. The fourth-order valence-corrected chi connectivity index (χ4v) is 3.66. The third-order valence-corrected chi connectivity index (χ3v) is 6.05. The molecule has 2 amide bonds. The van der Waals surface area contributed by atoms with Gasteiger partial charge in [0.1, 0.15) is 11.5 Å². The number of hydrogen-bond acceptors (Lipinski definition) is 5. The zero-order valence-electron chi connectivity index (χ0n) is 17.8. The van der Waals surface area contributed by atoms with Gasteiger partial charge in [-0.3, -0.25) is 14.5 Å². The number of furan rings is 1. The first-order chi connectivity index (χ1) is 14.4. The molecule has 0 aliphatic carbocycles. The summed E-state index contributed by atoms with van der Waals surface area (Å²) < 4.78 is 16.7. The van der Waals surface area contributed by atoms with Gasteiger partial charge < -0.3 is 18.8 Å². The number of nitrogens with zero attached hydrogens (tertiary/aromatic N) is 2. The van der Waals surface area contributed by atoms with Crippen LogP contribution in [0.5, 0.6) is 5.75 Å². The summed E-state index contributed by atoms with van der Waals surface area (Å²) in [5, 5.41) is 0. The second kappa shape index (κ2) is 8.14. The Morgan fingerprint density at radius 1 is 1.13 bits per heavy atom. The Morgan fingerprint density at radius 2 is 1.90 bits per heavy atom. The minimum atomic E-state index is -0.148. The highest BCUT2D eigenvalue weighted by Gasteiger charge is 2.29. The zero-order chi connectivity index (χ0) is 21.3. The Bertz CT molecular complexity index is 943. The summed E-state index contributed by atoms with van der Waals surface area (Å²) in [6.07, 6.45) is 0.978. The molecule has 7 heteroatoms. The largest absolute Gasteiger partial charge is 0.482 e. The van der Waals surface area contributed by atoms with Crippen LogP contribution in [0.4, 0.5) is 5.69 Å². The van der Waals surface area contributed by atoms with Crippen LogP contribution in [-0.2, 0) is 21.5 Å². The van der Waals surface area contributed by atoms with Crippen LogP contribution in [0.25, 0.3) is 0 Å². The van der Waals surface area contributed by atoms with Gasteiger partial charge in [0.2, 0.25) is 0 Å². The van der Waals surface area contributed by atoms with Crippen LogP contribution in [-0.4, -0.2) is 49.6 Å². The van der Waals surface area contributed by atoms with Crippen LogP contribution in [0.3, 0.4) is 0 Å². The minimum absolute atomic E-state index is 0.0101. The Hall–Kier alpha value is -2.80. The molecule has 4 rings (SSSR count). The molecule has 1 aromatic carbocycles. The summed E-state index contributed by atoms with van der Waals surface area (Å²) in [7, 11) is 0. The number of rotatable bonds is 5. The van der Waals surface area contributed by atoms with E-state index in [-0.39, 0.29) is 36.1 Å². The quantitative estimate of drug-likeness (QED) is 0.753. The van der Waals surface area contributed by atoms with Crippen LogP contribution in [0, 0.1) is 0 Å². The maximum absolute atomic E-state index is 12.7. The Kier molecular flexibility index (Phi) is 5.56. The van der Waals surface area contributed by atoms with Crippen molar-refractivity contribution in [1.82, 2.24) is 4.90 Å². The predicted molar refractivity (Wildman–Crippen MR) is 112 cm³/mol. The van der Waals surface area contributed by atoms with Crippen molar-refractivity contribution < 1.29 is 23.5 Å². The van der Waals surface area contributed by atoms with Crippen LogP contribution in [0.1, 0.15) is 49.1 Å². The summed E-state index contributed by atoms with van der Waals surface area (Å²) in [5.41, 5.74) is 1.88. The lowest BCUT2D eigenvalue weighted by molar-refractivity contribution is -0.121. The molecule has 2 aromatic rings. The summed E-state index contributed by atoms with van der Waals surface area (Å²) in [6, 6.07) is 9.45. The number of carbonyl (C=O) groups is 2. The number of fused-ring (bicyclic) bond motifs is 1. The van der Waals surface area contributed by atoms with E-state index in [0.29, 0.717) is 37.8 Å². The lowest BCUT2D eigenvalue weighted by Crippen LogP contribution is -2.40. The maximum atomic E-state index is 12.7. The summed E-state index contributed by atoms with van der Waals surface area (Å²) in [4.78, 5) is 28.7. The molecule has 0 N–H and O–H groups in total. The highest BCUT2D eigenvalue weighted by Crippen LogP contribution is 2.38.